The van der Waals surface area contributed by atoms with Gasteiger partial charge in [0.25, 0.3) is 5.69 Å². The van der Waals surface area contributed by atoms with Crippen LogP contribution in [0.25, 0.3) is 0 Å². The van der Waals surface area contributed by atoms with Crippen molar-refractivity contribution >= 4 is 17.6 Å². The van der Waals surface area contributed by atoms with Gasteiger partial charge in [0.15, 0.2) is 5.78 Å². The number of nitro groups is 1. The van der Waals surface area contributed by atoms with Crippen molar-refractivity contribution in [1.82, 2.24) is 5.32 Å². The Hall–Kier alpha value is -2.44. The summed E-state index contributed by atoms with van der Waals surface area (Å²) in [4.78, 5) is 35.0. The van der Waals surface area contributed by atoms with Crippen molar-refractivity contribution in [3.05, 3.63) is 39.9 Å². The summed E-state index contributed by atoms with van der Waals surface area (Å²) in [5, 5.41) is 13.5. The van der Waals surface area contributed by atoms with Crippen LogP contribution in [0.4, 0.5) is 10.5 Å². The lowest BCUT2D eigenvalue weighted by Crippen LogP contribution is -2.43. The van der Waals surface area contributed by atoms with Crippen molar-refractivity contribution in [3.63, 3.8) is 0 Å². The van der Waals surface area contributed by atoms with Crippen molar-refractivity contribution in [1.29, 1.82) is 0 Å². The van der Waals surface area contributed by atoms with E-state index < -0.39 is 22.7 Å². The summed E-state index contributed by atoms with van der Waals surface area (Å²) in [6.45, 7) is 5.22. The minimum atomic E-state index is -0.741. The minimum Gasteiger partial charge on any atom is -0.444 e. The van der Waals surface area contributed by atoms with Gasteiger partial charge in [0.05, 0.1) is 11.0 Å². The van der Waals surface area contributed by atoms with Crippen LogP contribution in [0.3, 0.4) is 0 Å². The molecule has 1 atom stereocenters. The number of non-ortho nitro benzene ring substituents is 1. The van der Waals surface area contributed by atoms with Gasteiger partial charge in [0, 0.05) is 17.7 Å². The maximum Gasteiger partial charge on any atom is 0.408 e. The van der Waals surface area contributed by atoms with Crippen molar-refractivity contribution in [2.75, 3.05) is 0 Å². The van der Waals surface area contributed by atoms with Crippen LogP contribution >= 0.6 is 0 Å². The zero-order valence-corrected chi connectivity index (χ0v) is 14.1. The summed E-state index contributed by atoms with van der Waals surface area (Å²) in [5.74, 6) is 0.0593. The molecule has 1 unspecified atom stereocenters. The molecule has 1 aliphatic rings. The fourth-order valence-corrected chi connectivity index (χ4v) is 2.34. The number of ketones is 1. The monoisotopic (exact) mass is 334 g/mol. The number of nitrogens with one attached hydrogen (secondary N) is 1. The number of nitro benzene ring substituents is 1. The van der Waals surface area contributed by atoms with E-state index >= 15 is 0 Å². The summed E-state index contributed by atoms with van der Waals surface area (Å²) in [7, 11) is 0. The van der Waals surface area contributed by atoms with Crippen LogP contribution in [0.15, 0.2) is 24.3 Å². The summed E-state index contributed by atoms with van der Waals surface area (Å²) < 4.78 is 5.21. The molecule has 1 aromatic carbocycles. The lowest BCUT2D eigenvalue weighted by atomic mass is 9.99. The van der Waals surface area contributed by atoms with Gasteiger partial charge < -0.3 is 10.1 Å². The smallest absolute Gasteiger partial charge is 0.408 e. The topological polar surface area (TPSA) is 98.5 Å². The first kappa shape index (κ1) is 17.9. The molecule has 0 aliphatic heterocycles. The summed E-state index contributed by atoms with van der Waals surface area (Å²) >= 11 is 0. The number of amides is 1. The van der Waals surface area contributed by atoms with Gasteiger partial charge >= 0.3 is 6.09 Å². The lowest BCUT2D eigenvalue weighted by Gasteiger charge is -2.23. The van der Waals surface area contributed by atoms with Gasteiger partial charge in [0.1, 0.15) is 5.60 Å². The van der Waals surface area contributed by atoms with E-state index in [4.69, 9.17) is 4.74 Å². The predicted molar refractivity (Wildman–Crippen MR) is 87.9 cm³/mol. The molecule has 7 heteroatoms. The average Bonchev–Trinajstić information content (AvgIpc) is 3.28. The zero-order chi connectivity index (χ0) is 17.9. The van der Waals surface area contributed by atoms with E-state index in [1.807, 2.05) is 0 Å². The molecule has 0 saturated heterocycles. The zero-order valence-electron chi connectivity index (χ0n) is 14.1. The second kappa shape index (κ2) is 6.98. The van der Waals surface area contributed by atoms with E-state index in [1.165, 1.54) is 24.3 Å². The molecule has 1 amide bonds. The molecule has 130 valence electrons. The van der Waals surface area contributed by atoms with Crippen molar-refractivity contribution < 1.29 is 19.2 Å². The van der Waals surface area contributed by atoms with E-state index in [0.717, 1.165) is 12.8 Å². The number of Topliss-reactive ketones (excluding diaryl/α,β-unsaturated/α-hetero) is 1. The number of nitrogens with zero attached hydrogens (tertiary/aromatic N) is 1. The van der Waals surface area contributed by atoms with Gasteiger partial charge in [-0.15, -0.1) is 0 Å². The quantitative estimate of drug-likeness (QED) is 0.488. The molecule has 0 spiro atoms. The van der Waals surface area contributed by atoms with Crippen LogP contribution in [0.1, 0.15) is 50.4 Å². The van der Waals surface area contributed by atoms with Gasteiger partial charge in [-0.25, -0.2) is 4.79 Å². The Morgan fingerprint density at radius 3 is 2.58 bits per heavy atom. The van der Waals surface area contributed by atoms with Crippen molar-refractivity contribution in [3.8, 4) is 0 Å². The Labute approximate surface area is 140 Å². The standard InChI is InChI=1S/C17H22N2O5/c1-17(2,3)24-16(21)18-14(9-11-7-8-11)15(20)12-5-4-6-13(10-12)19(22)23/h4-6,10-11,14H,7-9H2,1-3H3,(H,18,21). The molecular weight excluding hydrogens is 312 g/mol. The largest absolute Gasteiger partial charge is 0.444 e. The van der Waals surface area contributed by atoms with E-state index in [9.17, 15) is 19.7 Å². The highest BCUT2D eigenvalue weighted by molar-refractivity contribution is 6.02. The van der Waals surface area contributed by atoms with E-state index in [-0.39, 0.29) is 17.0 Å². The van der Waals surface area contributed by atoms with Crippen molar-refractivity contribution in [2.45, 2.75) is 51.7 Å². The molecule has 1 aromatic rings. The third-order valence-electron chi connectivity index (χ3n) is 3.61. The summed E-state index contributed by atoms with van der Waals surface area (Å²) in [5.41, 5.74) is -0.600. The highest BCUT2D eigenvalue weighted by Gasteiger charge is 2.32. The molecule has 0 aromatic heterocycles. The van der Waals surface area contributed by atoms with Gasteiger partial charge in [0.2, 0.25) is 0 Å². The van der Waals surface area contributed by atoms with E-state index in [1.54, 1.807) is 20.8 Å². The van der Waals surface area contributed by atoms with Crippen LogP contribution in [0.5, 0.6) is 0 Å². The molecule has 1 saturated carbocycles. The number of rotatable bonds is 6. The van der Waals surface area contributed by atoms with Gasteiger partial charge in [-0.05, 0) is 33.1 Å². The Morgan fingerprint density at radius 1 is 1.38 bits per heavy atom. The number of alkyl carbamates (subject to hydrolysis) is 1. The first-order valence-electron chi connectivity index (χ1n) is 7.94. The van der Waals surface area contributed by atoms with Crippen molar-refractivity contribution in [2.24, 2.45) is 5.92 Å². The van der Waals surface area contributed by atoms with Crippen LogP contribution in [-0.4, -0.2) is 28.4 Å². The highest BCUT2D eigenvalue weighted by atomic mass is 16.6. The Morgan fingerprint density at radius 2 is 2.04 bits per heavy atom. The molecule has 1 N–H and O–H groups in total. The predicted octanol–water partition coefficient (Wildman–Crippen LogP) is 3.47. The molecule has 1 aliphatic carbocycles. The Bertz CT molecular complexity index is 647. The minimum absolute atomic E-state index is 0.150. The fourth-order valence-electron chi connectivity index (χ4n) is 2.34. The molecule has 0 heterocycles. The highest BCUT2D eigenvalue weighted by Crippen LogP contribution is 2.34. The van der Waals surface area contributed by atoms with Crippen LogP contribution in [-0.2, 0) is 4.74 Å². The van der Waals surface area contributed by atoms with Crippen LogP contribution < -0.4 is 5.32 Å². The second-order valence-corrected chi connectivity index (χ2v) is 7.05. The average molecular weight is 334 g/mol. The summed E-state index contributed by atoms with van der Waals surface area (Å²) in [6, 6.07) is 4.81. The molecule has 24 heavy (non-hydrogen) atoms. The first-order chi connectivity index (χ1) is 11.2. The third-order valence-corrected chi connectivity index (χ3v) is 3.61. The Kier molecular flexibility index (Phi) is 5.21. The van der Waals surface area contributed by atoms with Crippen LogP contribution in [0.2, 0.25) is 0 Å². The number of hydrogen-bond donors (Lipinski definition) is 1. The maximum atomic E-state index is 12.7. The molecular formula is C17H22N2O5. The number of carbonyl (C=O) groups is 2. The molecule has 2 rings (SSSR count). The number of hydrogen-bond acceptors (Lipinski definition) is 5. The molecule has 7 nitrogen and oxygen atoms in total. The summed E-state index contributed by atoms with van der Waals surface area (Å²) in [6.07, 6.45) is 1.90. The van der Waals surface area contributed by atoms with E-state index in [2.05, 4.69) is 5.32 Å². The van der Waals surface area contributed by atoms with Gasteiger partial charge in [-0.2, -0.15) is 0 Å². The lowest BCUT2D eigenvalue weighted by molar-refractivity contribution is -0.384. The number of carbonyl (C=O) groups excluding carboxylic acids is 2. The molecule has 0 bridgehead atoms. The SMILES string of the molecule is CC(C)(C)OC(=O)NC(CC1CC1)C(=O)c1cccc([N+](=O)[O-])c1. The number of benzene rings is 1. The first-order valence-corrected chi connectivity index (χ1v) is 7.94. The normalized spacial score (nSPS) is 15.5. The third kappa shape index (κ3) is 5.33. The fraction of sp³-hybridized carbons (Fsp3) is 0.529. The van der Waals surface area contributed by atoms with E-state index in [0.29, 0.717) is 12.3 Å². The van der Waals surface area contributed by atoms with Gasteiger partial charge in [-0.1, -0.05) is 25.0 Å². The maximum absolute atomic E-state index is 12.7. The molecule has 1 fully saturated rings. The second-order valence-electron chi connectivity index (χ2n) is 7.05. The Balaban J connectivity index is 2.14. The van der Waals surface area contributed by atoms with Crippen LogP contribution in [0, 0.1) is 16.0 Å². The molecule has 0 radical (unpaired) electrons. The number of ether oxygens (including phenoxy) is 1. The van der Waals surface area contributed by atoms with Gasteiger partial charge in [-0.3, -0.25) is 14.9 Å².